The lowest BCUT2D eigenvalue weighted by Crippen LogP contribution is -2.02. The van der Waals surface area contributed by atoms with Crippen molar-refractivity contribution in [3.63, 3.8) is 0 Å². The molecule has 1 aromatic carbocycles. The Hall–Kier alpha value is -2.53. The summed E-state index contributed by atoms with van der Waals surface area (Å²) in [5, 5.41) is 0. The quantitative estimate of drug-likeness (QED) is 0.368. The van der Waals surface area contributed by atoms with Crippen molar-refractivity contribution in [1.29, 1.82) is 0 Å². The highest BCUT2D eigenvalue weighted by Crippen LogP contribution is 2.32. The maximum atomic E-state index is 10.6. The van der Waals surface area contributed by atoms with E-state index >= 15 is 0 Å². The third-order valence-corrected chi connectivity index (χ3v) is 2.41. The third kappa shape index (κ3) is 2.99. The first-order valence-corrected chi connectivity index (χ1v) is 5.55. The monoisotopic (exact) mass is 236 g/mol. The van der Waals surface area contributed by atoms with Gasteiger partial charge in [-0.2, -0.15) is 0 Å². The molecule has 0 unspecified atom stereocenters. The molecular weight excluding hydrogens is 224 g/mol. The molecule has 0 radical (unpaired) electrons. The summed E-state index contributed by atoms with van der Waals surface area (Å²) < 4.78 is 4.85. The van der Waals surface area contributed by atoms with E-state index in [9.17, 15) is 4.79 Å². The second kappa shape index (κ2) is 5.20. The van der Waals surface area contributed by atoms with Gasteiger partial charge >= 0.3 is 5.97 Å². The molecule has 18 heavy (non-hydrogen) atoms. The summed E-state index contributed by atoms with van der Waals surface area (Å²) >= 11 is 0. The minimum absolute atomic E-state index is 0.363. The fourth-order valence-electron chi connectivity index (χ4n) is 1.51. The summed E-state index contributed by atoms with van der Waals surface area (Å²) in [6, 6.07) is 15.4. The van der Waals surface area contributed by atoms with Gasteiger partial charge in [-0.15, -0.1) is 6.42 Å². The second-order valence-electron chi connectivity index (χ2n) is 3.81. The molecule has 0 saturated carbocycles. The van der Waals surface area contributed by atoms with Crippen molar-refractivity contribution < 1.29 is 9.53 Å². The van der Waals surface area contributed by atoms with Crippen LogP contribution < -0.4 is 4.74 Å². The number of fused-ring (bicyclic) bond motifs is 1. The summed E-state index contributed by atoms with van der Waals surface area (Å²) in [6.07, 6.45) is 5.19. The normalized spacial score (nSPS) is 9.56. The molecule has 0 N–H and O–H groups in total. The number of hydrogen-bond donors (Lipinski definition) is 0. The molecule has 3 rings (SSSR count). The number of benzene rings is 2. The Bertz CT molecular complexity index is 604. The maximum absolute atomic E-state index is 10.6. The van der Waals surface area contributed by atoms with Crippen molar-refractivity contribution >= 4 is 5.97 Å². The highest BCUT2D eigenvalue weighted by molar-refractivity contribution is 5.80. The molecule has 0 aliphatic heterocycles. The molecular formula is C16H12O2. The van der Waals surface area contributed by atoms with E-state index in [0.717, 1.165) is 0 Å². The van der Waals surface area contributed by atoms with Gasteiger partial charge in [-0.1, -0.05) is 36.3 Å². The fourth-order valence-corrected chi connectivity index (χ4v) is 1.51. The van der Waals surface area contributed by atoms with E-state index in [1.165, 1.54) is 18.1 Å². The molecule has 0 saturated heterocycles. The summed E-state index contributed by atoms with van der Waals surface area (Å²) in [5.74, 6) is 2.50. The van der Waals surface area contributed by atoms with Gasteiger partial charge in [0.1, 0.15) is 5.75 Å². The van der Waals surface area contributed by atoms with Gasteiger partial charge in [0, 0.05) is 6.92 Å². The molecule has 88 valence electrons. The second-order valence-corrected chi connectivity index (χ2v) is 3.81. The van der Waals surface area contributed by atoms with Crippen LogP contribution in [0.4, 0.5) is 0 Å². The van der Waals surface area contributed by atoms with Crippen molar-refractivity contribution in [2.75, 3.05) is 0 Å². The van der Waals surface area contributed by atoms with E-state index < -0.39 is 0 Å². The van der Waals surface area contributed by atoms with Gasteiger partial charge in [0.25, 0.3) is 0 Å². The largest absolute Gasteiger partial charge is 0.425 e. The molecule has 2 aliphatic carbocycles. The summed E-state index contributed by atoms with van der Waals surface area (Å²) in [4.78, 5) is 10.6. The van der Waals surface area contributed by atoms with Crippen LogP contribution in [0.15, 0.2) is 48.5 Å². The van der Waals surface area contributed by atoms with Crippen LogP contribution in [0.3, 0.4) is 0 Å². The minimum atomic E-state index is -0.363. The van der Waals surface area contributed by atoms with Crippen LogP contribution in [-0.2, 0) is 4.79 Å². The van der Waals surface area contributed by atoms with Gasteiger partial charge in [-0.25, -0.2) is 0 Å². The lowest BCUT2D eigenvalue weighted by Gasteiger charge is -2.02. The third-order valence-electron chi connectivity index (χ3n) is 2.41. The van der Waals surface area contributed by atoms with Crippen molar-refractivity contribution in [3.05, 3.63) is 54.1 Å². The van der Waals surface area contributed by atoms with Crippen molar-refractivity contribution in [2.24, 2.45) is 0 Å². The van der Waals surface area contributed by atoms with E-state index in [2.05, 4.69) is 30.2 Å². The Kier molecular flexibility index (Phi) is 3.45. The predicted molar refractivity (Wildman–Crippen MR) is 71.1 cm³/mol. The lowest BCUT2D eigenvalue weighted by molar-refractivity contribution is -0.131. The summed E-state index contributed by atoms with van der Waals surface area (Å²) in [7, 11) is 0. The summed E-state index contributed by atoms with van der Waals surface area (Å²) in [5.41, 5.74) is 3.44. The first-order chi connectivity index (χ1) is 8.70. The van der Waals surface area contributed by atoms with Crippen LogP contribution in [0, 0.1) is 12.3 Å². The first kappa shape index (κ1) is 11.9. The van der Waals surface area contributed by atoms with Crippen LogP contribution in [0.25, 0.3) is 11.1 Å². The van der Waals surface area contributed by atoms with E-state index in [4.69, 9.17) is 11.2 Å². The molecule has 0 amide bonds. The first-order valence-electron chi connectivity index (χ1n) is 5.55. The van der Waals surface area contributed by atoms with Crippen LogP contribution >= 0.6 is 0 Å². The number of esters is 1. The van der Waals surface area contributed by atoms with E-state index in [0.29, 0.717) is 11.3 Å². The van der Waals surface area contributed by atoms with Gasteiger partial charge in [0.05, 0.1) is 5.56 Å². The number of hydrogen-bond acceptors (Lipinski definition) is 2. The number of rotatable bonds is 1. The average Bonchev–Trinajstić information content (AvgIpc) is 2.97. The Morgan fingerprint density at radius 1 is 1.11 bits per heavy atom. The topological polar surface area (TPSA) is 26.3 Å². The van der Waals surface area contributed by atoms with Crippen molar-refractivity contribution in [2.45, 2.75) is 6.92 Å². The Morgan fingerprint density at radius 3 is 2.22 bits per heavy atom. The zero-order valence-electron chi connectivity index (χ0n) is 10.0. The molecule has 2 nitrogen and oxygen atoms in total. The number of para-hydroxylation sites is 1. The highest BCUT2D eigenvalue weighted by Gasteiger charge is 2.07. The number of carbonyl (C=O) groups excluding carboxylic acids is 1. The van der Waals surface area contributed by atoms with Gasteiger partial charge in [0.15, 0.2) is 0 Å². The maximum Gasteiger partial charge on any atom is 0.308 e. The molecule has 0 bridgehead atoms. The van der Waals surface area contributed by atoms with E-state index in [1.54, 1.807) is 24.3 Å². The van der Waals surface area contributed by atoms with Gasteiger partial charge in [0.2, 0.25) is 0 Å². The average molecular weight is 236 g/mol. The van der Waals surface area contributed by atoms with Crippen molar-refractivity contribution in [1.82, 2.24) is 0 Å². The molecule has 2 aliphatic rings. The predicted octanol–water partition coefficient (Wildman–Crippen LogP) is 3.26. The Balaban J connectivity index is 0.000000164. The fraction of sp³-hybridized carbons (Fsp3) is 0.0625. The van der Waals surface area contributed by atoms with Crippen LogP contribution in [0.2, 0.25) is 0 Å². The van der Waals surface area contributed by atoms with Crippen molar-refractivity contribution in [3.8, 4) is 29.2 Å². The Morgan fingerprint density at radius 2 is 1.78 bits per heavy atom. The number of carbonyl (C=O) groups is 1. The van der Waals surface area contributed by atoms with Crippen LogP contribution in [-0.4, -0.2) is 5.97 Å². The molecule has 0 aromatic heterocycles. The van der Waals surface area contributed by atoms with E-state index in [1.807, 2.05) is 0 Å². The van der Waals surface area contributed by atoms with Gasteiger partial charge < -0.3 is 4.74 Å². The van der Waals surface area contributed by atoms with Gasteiger partial charge in [-0.3, -0.25) is 4.79 Å². The molecule has 0 fully saturated rings. The SMILES string of the molecule is C#Cc1ccccc1OC(C)=O.c1cc2cc-2c1. The molecule has 0 spiro atoms. The molecule has 2 heteroatoms. The van der Waals surface area contributed by atoms with E-state index in [-0.39, 0.29) is 5.97 Å². The zero-order valence-corrected chi connectivity index (χ0v) is 10.0. The lowest BCUT2D eigenvalue weighted by atomic mass is 10.2. The number of terminal acetylenes is 1. The van der Waals surface area contributed by atoms with Crippen LogP contribution in [0.1, 0.15) is 12.5 Å². The highest BCUT2D eigenvalue weighted by atomic mass is 16.5. The molecule has 0 atom stereocenters. The summed E-state index contributed by atoms with van der Waals surface area (Å²) in [6.45, 7) is 1.34. The molecule has 1 aromatic rings. The zero-order chi connectivity index (χ0) is 13.0. The number of ether oxygens (including phenoxy) is 1. The smallest absolute Gasteiger partial charge is 0.308 e. The standard InChI is InChI=1S/C10H8O2.C6H4/c1-3-9-6-4-5-7-10(9)12-8(2)11;1-2-5-4-6(5)3-1/h1,4-7H,2H3;1-4H. The van der Waals surface area contributed by atoms with Gasteiger partial charge in [-0.05, 0) is 29.3 Å². The Labute approximate surface area is 106 Å². The van der Waals surface area contributed by atoms with Crippen LogP contribution in [0.5, 0.6) is 5.75 Å². The minimum Gasteiger partial charge on any atom is -0.425 e. The molecule has 0 heterocycles.